The predicted molar refractivity (Wildman–Crippen MR) is 72.2 cm³/mol. The summed E-state index contributed by atoms with van der Waals surface area (Å²) in [5, 5.41) is 0. The number of carbonyl (C=O) groups is 2. The predicted octanol–water partition coefficient (Wildman–Crippen LogP) is -0.0691. The van der Waals surface area contributed by atoms with Gasteiger partial charge in [-0.05, 0) is 0 Å². The van der Waals surface area contributed by atoms with E-state index < -0.39 is 26.5 Å². The standard InChI is InChI=1S/C11H22NO8P/c1-10(14)17-7-11(18-9-13)8-20-21(15,16)19-6-5-12(2,3)4/h9,11H,5-8H2,1-4H3/p+1. The Morgan fingerprint density at radius 3 is 2.38 bits per heavy atom. The molecule has 0 heterocycles. The van der Waals surface area contributed by atoms with Gasteiger partial charge in [-0.3, -0.25) is 18.6 Å². The van der Waals surface area contributed by atoms with E-state index in [0.29, 0.717) is 11.0 Å². The molecule has 0 bridgehead atoms. The topological polar surface area (TPSA) is 108 Å². The Morgan fingerprint density at radius 2 is 1.90 bits per heavy atom. The fourth-order valence-corrected chi connectivity index (χ4v) is 1.80. The van der Waals surface area contributed by atoms with Crippen LogP contribution in [0.4, 0.5) is 0 Å². The Bertz CT molecular complexity index is 381. The van der Waals surface area contributed by atoms with Gasteiger partial charge in [0.15, 0.2) is 6.10 Å². The van der Waals surface area contributed by atoms with E-state index in [1.54, 1.807) is 0 Å². The zero-order valence-corrected chi connectivity index (χ0v) is 13.6. The number of hydrogen-bond donors (Lipinski definition) is 1. The van der Waals surface area contributed by atoms with Crippen LogP contribution < -0.4 is 0 Å². The van der Waals surface area contributed by atoms with E-state index in [-0.39, 0.29) is 19.7 Å². The summed E-state index contributed by atoms with van der Waals surface area (Å²) in [5.74, 6) is -0.569. The number of ether oxygens (including phenoxy) is 2. The summed E-state index contributed by atoms with van der Waals surface area (Å²) in [6.07, 6.45) is -0.978. The van der Waals surface area contributed by atoms with Crippen molar-refractivity contribution < 1.29 is 42.1 Å². The van der Waals surface area contributed by atoms with Crippen LogP contribution in [0, 0.1) is 0 Å². The second kappa shape index (κ2) is 9.11. The zero-order valence-electron chi connectivity index (χ0n) is 12.7. The average molecular weight is 328 g/mol. The molecular weight excluding hydrogens is 305 g/mol. The number of nitrogens with zero attached hydrogens (tertiary/aromatic N) is 1. The van der Waals surface area contributed by atoms with Crippen LogP contribution in [0.15, 0.2) is 0 Å². The highest BCUT2D eigenvalue weighted by atomic mass is 31.2. The number of hydrogen-bond acceptors (Lipinski definition) is 7. The van der Waals surface area contributed by atoms with Gasteiger partial charge in [0, 0.05) is 6.92 Å². The van der Waals surface area contributed by atoms with E-state index in [4.69, 9.17) is 9.05 Å². The summed E-state index contributed by atoms with van der Waals surface area (Å²) >= 11 is 0. The van der Waals surface area contributed by atoms with Crippen molar-refractivity contribution in [3.05, 3.63) is 0 Å². The summed E-state index contributed by atoms with van der Waals surface area (Å²) in [6, 6.07) is 0. The molecule has 10 heteroatoms. The molecule has 0 amide bonds. The summed E-state index contributed by atoms with van der Waals surface area (Å²) in [5.41, 5.74) is 0. The minimum atomic E-state index is -4.25. The minimum absolute atomic E-state index is 0.0282. The highest BCUT2D eigenvalue weighted by Crippen LogP contribution is 2.43. The first-order valence-electron chi connectivity index (χ1n) is 6.20. The molecule has 0 aromatic heterocycles. The van der Waals surface area contributed by atoms with Crippen LogP contribution in [0.1, 0.15) is 6.92 Å². The number of quaternary nitrogens is 1. The first kappa shape index (κ1) is 20.0. The van der Waals surface area contributed by atoms with Crippen molar-refractivity contribution in [1.82, 2.24) is 0 Å². The summed E-state index contributed by atoms with van der Waals surface area (Å²) < 4.78 is 30.8. The van der Waals surface area contributed by atoms with Gasteiger partial charge < -0.3 is 18.9 Å². The van der Waals surface area contributed by atoms with Crippen LogP contribution in [0.2, 0.25) is 0 Å². The Morgan fingerprint density at radius 1 is 1.29 bits per heavy atom. The van der Waals surface area contributed by atoms with E-state index in [1.807, 2.05) is 21.1 Å². The van der Waals surface area contributed by atoms with Crippen molar-refractivity contribution in [3.63, 3.8) is 0 Å². The maximum atomic E-state index is 11.6. The van der Waals surface area contributed by atoms with Crippen LogP contribution in [0.5, 0.6) is 0 Å². The quantitative estimate of drug-likeness (QED) is 0.243. The summed E-state index contributed by atoms with van der Waals surface area (Å²) in [4.78, 5) is 30.4. The van der Waals surface area contributed by atoms with Crippen LogP contribution >= 0.6 is 7.82 Å². The molecule has 0 saturated heterocycles. The Kier molecular flexibility index (Phi) is 8.68. The lowest BCUT2D eigenvalue weighted by Crippen LogP contribution is -2.37. The SMILES string of the molecule is CC(=O)OCC(COP(=O)(O)OCC[N+](C)(C)C)OC=O. The van der Waals surface area contributed by atoms with E-state index in [0.717, 1.165) is 0 Å². The highest BCUT2D eigenvalue weighted by molar-refractivity contribution is 7.47. The van der Waals surface area contributed by atoms with Gasteiger partial charge in [-0.2, -0.15) is 0 Å². The number of esters is 1. The molecule has 0 aliphatic heterocycles. The largest absolute Gasteiger partial charge is 0.472 e. The Balaban J connectivity index is 4.19. The molecule has 9 nitrogen and oxygen atoms in total. The molecule has 2 atom stereocenters. The van der Waals surface area contributed by atoms with E-state index in [2.05, 4.69) is 9.47 Å². The number of phosphoric acid groups is 1. The van der Waals surface area contributed by atoms with Crippen molar-refractivity contribution in [3.8, 4) is 0 Å². The maximum Gasteiger partial charge on any atom is 0.472 e. The van der Waals surface area contributed by atoms with E-state index in [9.17, 15) is 19.0 Å². The molecule has 0 aliphatic rings. The minimum Gasteiger partial charge on any atom is -0.462 e. The summed E-state index contributed by atoms with van der Waals surface area (Å²) in [6.45, 7) is 1.16. The second-order valence-electron chi connectivity index (χ2n) is 5.27. The van der Waals surface area contributed by atoms with Gasteiger partial charge in [0.1, 0.15) is 19.8 Å². The maximum absolute atomic E-state index is 11.6. The first-order chi connectivity index (χ1) is 9.56. The van der Waals surface area contributed by atoms with Gasteiger partial charge in [0.05, 0.1) is 27.7 Å². The Hall–Kier alpha value is -0.990. The van der Waals surface area contributed by atoms with E-state index in [1.165, 1.54) is 6.92 Å². The molecule has 0 spiro atoms. The molecule has 0 saturated carbocycles. The first-order valence-corrected chi connectivity index (χ1v) is 7.70. The molecule has 21 heavy (non-hydrogen) atoms. The molecule has 0 fully saturated rings. The molecule has 0 aromatic rings. The van der Waals surface area contributed by atoms with Gasteiger partial charge in [-0.15, -0.1) is 0 Å². The van der Waals surface area contributed by atoms with Crippen LogP contribution in [0.25, 0.3) is 0 Å². The van der Waals surface area contributed by atoms with Gasteiger partial charge in [-0.1, -0.05) is 0 Å². The van der Waals surface area contributed by atoms with Crippen LogP contribution in [-0.2, 0) is 32.7 Å². The van der Waals surface area contributed by atoms with Crippen molar-refractivity contribution >= 4 is 20.3 Å². The van der Waals surface area contributed by atoms with Crippen molar-refractivity contribution in [2.75, 3.05) is 47.5 Å². The highest BCUT2D eigenvalue weighted by Gasteiger charge is 2.25. The zero-order chi connectivity index (χ0) is 16.5. The van der Waals surface area contributed by atoms with E-state index >= 15 is 0 Å². The van der Waals surface area contributed by atoms with Gasteiger partial charge in [0.25, 0.3) is 6.47 Å². The molecule has 124 valence electrons. The number of carbonyl (C=O) groups excluding carboxylic acids is 2. The van der Waals surface area contributed by atoms with Crippen LogP contribution in [-0.4, -0.2) is 75.4 Å². The third kappa shape index (κ3) is 12.5. The van der Waals surface area contributed by atoms with Crippen molar-refractivity contribution in [2.45, 2.75) is 13.0 Å². The molecule has 2 unspecified atom stereocenters. The van der Waals surface area contributed by atoms with Crippen molar-refractivity contribution in [2.24, 2.45) is 0 Å². The smallest absolute Gasteiger partial charge is 0.462 e. The summed E-state index contributed by atoms with van der Waals surface area (Å²) in [7, 11) is 1.46. The van der Waals surface area contributed by atoms with Gasteiger partial charge in [0.2, 0.25) is 0 Å². The molecule has 1 N–H and O–H groups in total. The normalized spacial score (nSPS) is 15.9. The fraction of sp³-hybridized carbons (Fsp3) is 0.818. The monoisotopic (exact) mass is 328 g/mol. The van der Waals surface area contributed by atoms with Crippen LogP contribution in [0.3, 0.4) is 0 Å². The third-order valence-corrected chi connectivity index (χ3v) is 3.14. The lowest BCUT2D eigenvalue weighted by Gasteiger charge is -2.24. The number of rotatable bonds is 11. The molecular formula is C11H23NO8P+. The molecule has 0 aromatic carbocycles. The van der Waals surface area contributed by atoms with Gasteiger partial charge in [-0.25, -0.2) is 4.57 Å². The molecule has 0 aliphatic carbocycles. The molecule has 0 rings (SSSR count). The molecule has 0 radical (unpaired) electrons. The Labute approximate surface area is 123 Å². The lowest BCUT2D eigenvalue weighted by atomic mass is 10.4. The van der Waals surface area contributed by atoms with Gasteiger partial charge >= 0.3 is 13.8 Å². The second-order valence-corrected chi connectivity index (χ2v) is 6.72. The number of likely N-dealkylation sites (N-methyl/N-ethyl adjacent to an activating group) is 1. The number of phosphoric ester groups is 1. The lowest BCUT2D eigenvalue weighted by molar-refractivity contribution is -0.870. The van der Waals surface area contributed by atoms with Crippen molar-refractivity contribution in [1.29, 1.82) is 0 Å². The average Bonchev–Trinajstić information content (AvgIpc) is 2.30. The fourth-order valence-electron chi connectivity index (χ4n) is 1.06. The third-order valence-electron chi connectivity index (χ3n) is 2.16.